The van der Waals surface area contributed by atoms with Gasteiger partial charge in [-0.05, 0) is 31.4 Å². The molecule has 2 rings (SSSR count). The van der Waals surface area contributed by atoms with Gasteiger partial charge in [0.15, 0.2) is 0 Å². The van der Waals surface area contributed by atoms with Crippen LogP contribution in [0.1, 0.15) is 19.3 Å². The topological polar surface area (TPSA) is 41.5 Å². The molecule has 0 bridgehead atoms. The van der Waals surface area contributed by atoms with Crippen molar-refractivity contribution in [2.45, 2.75) is 31.4 Å². The van der Waals surface area contributed by atoms with Crippen LogP contribution in [-0.2, 0) is 0 Å². The van der Waals surface area contributed by atoms with Crippen molar-refractivity contribution in [3.05, 3.63) is 24.0 Å². The van der Waals surface area contributed by atoms with Gasteiger partial charge >= 0.3 is 0 Å². The number of hydrogen-bond donors (Lipinski definition) is 2. The van der Waals surface area contributed by atoms with Crippen LogP contribution in [0.5, 0.6) is 5.75 Å². The van der Waals surface area contributed by atoms with E-state index in [2.05, 4.69) is 5.32 Å². The lowest BCUT2D eigenvalue weighted by molar-refractivity contribution is 0.171. The van der Waals surface area contributed by atoms with E-state index in [1.54, 1.807) is 19.2 Å². The monoisotopic (exact) mass is 225 g/mol. The fourth-order valence-corrected chi connectivity index (χ4v) is 2.05. The fraction of sp³-hybridized carbons (Fsp3) is 0.500. The maximum Gasteiger partial charge on any atom is 0.146 e. The average Bonchev–Trinajstić information content (AvgIpc) is 2.68. The van der Waals surface area contributed by atoms with Crippen LogP contribution >= 0.6 is 0 Å². The van der Waals surface area contributed by atoms with Crippen molar-refractivity contribution in [3.63, 3.8) is 0 Å². The van der Waals surface area contributed by atoms with Crippen molar-refractivity contribution in [2.24, 2.45) is 0 Å². The lowest BCUT2D eigenvalue weighted by atomic mass is 10.2. The Balaban J connectivity index is 2.13. The first-order valence-electron chi connectivity index (χ1n) is 5.49. The molecule has 1 saturated carbocycles. The normalized spacial score (nSPS) is 24.4. The first kappa shape index (κ1) is 11.2. The molecule has 0 unspecified atom stereocenters. The molecule has 0 heterocycles. The second-order valence-electron chi connectivity index (χ2n) is 4.09. The molecule has 88 valence electrons. The number of hydrogen-bond acceptors (Lipinski definition) is 3. The Morgan fingerprint density at radius 1 is 1.44 bits per heavy atom. The van der Waals surface area contributed by atoms with Gasteiger partial charge in [0.25, 0.3) is 0 Å². The Labute approximate surface area is 94.2 Å². The number of aliphatic hydroxyl groups excluding tert-OH is 1. The van der Waals surface area contributed by atoms with E-state index < -0.39 is 0 Å². The molecule has 16 heavy (non-hydrogen) atoms. The number of methoxy groups -OCH3 is 1. The van der Waals surface area contributed by atoms with Crippen molar-refractivity contribution < 1.29 is 14.2 Å². The third-order valence-corrected chi connectivity index (χ3v) is 2.99. The molecule has 0 amide bonds. The summed E-state index contributed by atoms with van der Waals surface area (Å²) in [6.45, 7) is 0. The largest absolute Gasteiger partial charge is 0.497 e. The first-order valence-corrected chi connectivity index (χ1v) is 5.49. The molecule has 1 aromatic carbocycles. The zero-order valence-electron chi connectivity index (χ0n) is 9.24. The molecule has 0 aromatic heterocycles. The highest BCUT2D eigenvalue weighted by atomic mass is 19.1. The maximum absolute atomic E-state index is 13.5. The molecule has 1 aromatic rings. The number of halogens is 1. The first-order chi connectivity index (χ1) is 7.70. The van der Waals surface area contributed by atoms with Crippen LogP contribution in [0.4, 0.5) is 10.1 Å². The summed E-state index contributed by atoms with van der Waals surface area (Å²) in [5.41, 5.74) is 0.394. The maximum atomic E-state index is 13.5. The molecule has 1 fully saturated rings. The average molecular weight is 225 g/mol. The number of aliphatic hydroxyl groups is 1. The second kappa shape index (κ2) is 4.70. The Hall–Kier alpha value is -1.29. The highest BCUT2D eigenvalue weighted by molar-refractivity contribution is 5.50. The van der Waals surface area contributed by atoms with Crippen LogP contribution in [0.3, 0.4) is 0 Å². The predicted molar refractivity (Wildman–Crippen MR) is 60.2 cm³/mol. The summed E-state index contributed by atoms with van der Waals surface area (Å²) in [5.74, 6) is 0.288. The van der Waals surface area contributed by atoms with Gasteiger partial charge in [0.2, 0.25) is 0 Å². The van der Waals surface area contributed by atoms with Crippen molar-refractivity contribution >= 4 is 5.69 Å². The molecule has 0 spiro atoms. The van der Waals surface area contributed by atoms with Crippen LogP contribution in [0.2, 0.25) is 0 Å². The molecule has 1 aliphatic rings. The third-order valence-electron chi connectivity index (χ3n) is 2.99. The van der Waals surface area contributed by atoms with Crippen molar-refractivity contribution in [1.82, 2.24) is 0 Å². The van der Waals surface area contributed by atoms with E-state index in [1.807, 2.05) is 0 Å². The van der Waals surface area contributed by atoms with Gasteiger partial charge in [-0.1, -0.05) is 0 Å². The summed E-state index contributed by atoms with van der Waals surface area (Å²) < 4.78 is 18.5. The van der Waals surface area contributed by atoms with Gasteiger partial charge in [0, 0.05) is 6.07 Å². The fourth-order valence-electron chi connectivity index (χ4n) is 2.05. The van der Waals surface area contributed by atoms with Crippen LogP contribution < -0.4 is 10.1 Å². The molecule has 2 N–H and O–H groups in total. The Bertz CT molecular complexity index is 370. The van der Waals surface area contributed by atoms with Gasteiger partial charge in [-0.15, -0.1) is 0 Å². The van der Waals surface area contributed by atoms with E-state index in [-0.39, 0.29) is 18.0 Å². The zero-order valence-corrected chi connectivity index (χ0v) is 9.24. The Kier molecular flexibility index (Phi) is 3.29. The van der Waals surface area contributed by atoms with Gasteiger partial charge in [-0.2, -0.15) is 0 Å². The molecular formula is C12H16FNO2. The van der Waals surface area contributed by atoms with Crippen molar-refractivity contribution in [3.8, 4) is 5.75 Å². The molecule has 3 nitrogen and oxygen atoms in total. The number of rotatable bonds is 3. The van der Waals surface area contributed by atoms with E-state index in [9.17, 15) is 9.50 Å². The molecular weight excluding hydrogens is 209 g/mol. The lowest BCUT2D eigenvalue weighted by Gasteiger charge is -2.18. The minimum atomic E-state index is -0.384. The van der Waals surface area contributed by atoms with E-state index in [0.29, 0.717) is 11.4 Å². The van der Waals surface area contributed by atoms with Gasteiger partial charge in [0.05, 0.1) is 24.9 Å². The lowest BCUT2D eigenvalue weighted by Crippen LogP contribution is -2.28. The Morgan fingerprint density at radius 2 is 2.25 bits per heavy atom. The van der Waals surface area contributed by atoms with Crippen LogP contribution in [0.15, 0.2) is 18.2 Å². The summed E-state index contributed by atoms with van der Waals surface area (Å²) in [5, 5.41) is 12.7. The summed E-state index contributed by atoms with van der Waals surface area (Å²) >= 11 is 0. The van der Waals surface area contributed by atoms with Gasteiger partial charge < -0.3 is 15.2 Å². The number of nitrogens with one attached hydrogen (secondary N) is 1. The van der Waals surface area contributed by atoms with Gasteiger partial charge in [-0.25, -0.2) is 4.39 Å². The van der Waals surface area contributed by atoms with Gasteiger partial charge in [-0.3, -0.25) is 0 Å². The van der Waals surface area contributed by atoms with E-state index in [4.69, 9.17) is 4.74 Å². The van der Waals surface area contributed by atoms with Crippen molar-refractivity contribution in [1.29, 1.82) is 0 Å². The van der Waals surface area contributed by atoms with Crippen molar-refractivity contribution in [2.75, 3.05) is 12.4 Å². The number of benzene rings is 1. The minimum absolute atomic E-state index is 0.0541. The summed E-state index contributed by atoms with van der Waals surface area (Å²) in [6, 6.07) is 4.50. The van der Waals surface area contributed by atoms with Crippen LogP contribution in [0.25, 0.3) is 0 Å². The molecule has 0 aliphatic heterocycles. The highest BCUT2D eigenvalue weighted by Gasteiger charge is 2.25. The standard InChI is InChI=1S/C12H16FNO2/c1-16-8-5-6-9(13)11(7-8)14-10-3-2-4-12(10)15/h5-7,10,12,14-15H,2-4H2,1H3/t10-,12-/m0/s1. The van der Waals surface area contributed by atoms with Gasteiger partial charge in [0.1, 0.15) is 11.6 Å². The highest BCUT2D eigenvalue weighted by Crippen LogP contribution is 2.26. The smallest absolute Gasteiger partial charge is 0.146 e. The number of anilines is 1. The van der Waals surface area contributed by atoms with E-state index in [1.165, 1.54) is 6.07 Å². The minimum Gasteiger partial charge on any atom is -0.497 e. The zero-order chi connectivity index (χ0) is 11.5. The quantitative estimate of drug-likeness (QED) is 0.828. The molecule has 1 aliphatic carbocycles. The Morgan fingerprint density at radius 3 is 2.88 bits per heavy atom. The summed E-state index contributed by atoms with van der Waals surface area (Å²) in [4.78, 5) is 0. The van der Waals surface area contributed by atoms with E-state index in [0.717, 1.165) is 19.3 Å². The SMILES string of the molecule is COc1ccc(F)c(N[C@H]2CCC[C@@H]2O)c1. The van der Waals surface area contributed by atoms with E-state index >= 15 is 0 Å². The molecule has 0 saturated heterocycles. The summed E-state index contributed by atoms with van der Waals surface area (Å²) in [6.07, 6.45) is 2.25. The number of ether oxygens (including phenoxy) is 1. The molecule has 2 atom stereocenters. The molecule has 4 heteroatoms. The molecule has 0 radical (unpaired) electrons. The predicted octanol–water partition coefficient (Wildman–Crippen LogP) is 2.16. The van der Waals surface area contributed by atoms with Crippen LogP contribution in [0, 0.1) is 5.82 Å². The second-order valence-corrected chi connectivity index (χ2v) is 4.09. The van der Waals surface area contributed by atoms with Crippen LogP contribution in [-0.4, -0.2) is 24.4 Å². The summed E-state index contributed by atoms with van der Waals surface area (Å²) in [7, 11) is 1.54. The third kappa shape index (κ3) is 2.27.